The Bertz CT molecular complexity index is 1350. The number of aryl methyl sites for hydroxylation is 1. The van der Waals surface area contributed by atoms with Crippen LogP contribution in [0.1, 0.15) is 44.7 Å². The van der Waals surface area contributed by atoms with Gasteiger partial charge in [0.25, 0.3) is 10.0 Å². The third-order valence-corrected chi connectivity index (χ3v) is 8.23. The molecule has 0 spiro atoms. The van der Waals surface area contributed by atoms with Gasteiger partial charge in [-0.25, -0.2) is 12.8 Å². The highest BCUT2D eigenvalue weighted by atomic mass is 32.2. The highest BCUT2D eigenvalue weighted by Gasteiger charge is 2.34. The number of carbonyl (C=O) groups excluding carboxylic acids is 2. The summed E-state index contributed by atoms with van der Waals surface area (Å²) in [6.45, 7) is 5.61. The molecule has 3 aromatic carbocycles. The van der Waals surface area contributed by atoms with Crippen molar-refractivity contribution in [2.45, 2.75) is 57.5 Å². The Morgan fingerprint density at radius 2 is 1.54 bits per heavy atom. The maximum atomic E-state index is 14.0. The molecule has 3 rings (SSSR count). The van der Waals surface area contributed by atoms with E-state index in [1.165, 1.54) is 29.2 Å². The third kappa shape index (κ3) is 7.44. The molecule has 7 nitrogen and oxygen atoms in total. The van der Waals surface area contributed by atoms with E-state index < -0.39 is 34.3 Å². The van der Waals surface area contributed by atoms with E-state index in [1.54, 1.807) is 49.4 Å². The molecule has 0 aromatic heterocycles. The number of nitrogens with zero attached hydrogens (tertiary/aromatic N) is 2. The summed E-state index contributed by atoms with van der Waals surface area (Å²) in [5.41, 5.74) is 1.79. The van der Waals surface area contributed by atoms with Gasteiger partial charge < -0.3 is 10.2 Å². The smallest absolute Gasteiger partial charge is 0.264 e. The molecule has 3 aromatic rings. The molecular formula is C30H36FN3O4S. The van der Waals surface area contributed by atoms with E-state index in [0.29, 0.717) is 30.6 Å². The molecule has 1 atom stereocenters. The van der Waals surface area contributed by atoms with Gasteiger partial charge in [-0.2, -0.15) is 0 Å². The minimum absolute atomic E-state index is 0.0197. The Hall–Kier alpha value is -3.72. The molecule has 0 unspecified atom stereocenters. The predicted molar refractivity (Wildman–Crippen MR) is 151 cm³/mol. The second-order valence-corrected chi connectivity index (χ2v) is 11.0. The Morgan fingerprint density at radius 3 is 2.15 bits per heavy atom. The molecule has 2 amide bonds. The van der Waals surface area contributed by atoms with Crippen molar-refractivity contribution in [3.05, 3.63) is 95.8 Å². The molecular weight excluding hydrogens is 517 g/mol. The molecule has 0 saturated heterocycles. The molecule has 0 aliphatic rings. The Morgan fingerprint density at radius 1 is 0.897 bits per heavy atom. The van der Waals surface area contributed by atoms with Crippen molar-refractivity contribution in [2.75, 3.05) is 17.4 Å². The van der Waals surface area contributed by atoms with Crippen molar-refractivity contribution in [3.63, 3.8) is 0 Å². The molecule has 0 fully saturated rings. The number of rotatable bonds is 13. The number of amides is 2. The number of anilines is 1. The molecule has 9 heteroatoms. The SMILES string of the molecule is CCCNC(=O)[C@@H](CC)N(Cc1ccc(F)cc1)C(=O)CN(c1ccccc1CC)S(=O)(=O)c1ccccc1. The number of benzene rings is 3. The Labute approximate surface area is 230 Å². The largest absolute Gasteiger partial charge is 0.354 e. The summed E-state index contributed by atoms with van der Waals surface area (Å²) >= 11 is 0. The summed E-state index contributed by atoms with van der Waals surface area (Å²) < 4.78 is 42.5. The van der Waals surface area contributed by atoms with Gasteiger partial charge in [0.05, 0.1) is 10.6 Å². The fourth-order valence-electron chi connectivity index (χ4n) is 4.36. The van der Waals surface area contributed by atoms with Crippen molar-refractivity contribution >= 4 is 27.5 Å². The average Bonchev–Trinajstić information content (AvgIpc) is 2.95. The average molecular weight is 554 g/mol. The van der Waals surface area contributed by atoms with E-state index in [4.69, 9.17) is 0 Å². The minimum Gasteiger partial charge on any atom is -0.354 e. The van der Waals surface area contributed by atoms with Crippen LogP contribution in [0.25, 0.3) is 0 Å². The van der Waals surface area contributed by atoms with Crippen molar-refractivity contribution in [2.24, 2.45) is 0 Å². The van der Waals surface area contributed by atoms with Crippen molar-refractivity contribution < 1.29 is 22.4 Å². The summed E-state index contributed by atoms with van der Waals surface area (Å²) in [6.07, 6.45) is 1.60. The molecule has 1 N–H and O–H groups in total. The van der Waals surface area contributed by atoms with Gasteiger partial charge >= 0.3 is 0 Å². The lowest BCUT2D eigenvalue weighted by atomic mass is 10.1. The Kier molecular flexibility index (Phi) is 10.6. The predicted octanol–water partition coefficient (Wildman–Crippen LogP) is 4.92. The number of para-hydroxylation sites is 1. The number of nitrogens with one attached hydrogen (secondary N) is 1. The highest BCUT2D eigenvalue weighted by Crippen LogP contribution is 2.28. The number of halogens is 1. The maximum absolute atomic E-state index is 14.0. The molecule has 0 saturated carbocycles. The van der Waals surface area contributed by atoms with Crippen LogP contribution in [-0.2, 0) is 32.6 Å². The standard InChI is InChI=1S/C30H36FN3O4S/c1-4-20-32-30(36)27(6-3)33(21-23-16-18-25(31)19-17-23)29(35)22-34(28-15-11-10-12-24(28)5-2)39(37,38)26-13-8-7-9-14-26/h7-19,27H,4-6,20-22H2,1-3H3,(H,32,36)/t27-/m1/s1. The van der Waals surface area contributed by atoms with Crippen LogP contribution >= 0.6 is 0 Å². The van der Waals surface area contributed by atoms with Crippen LogP contribution in [0.3, 0.4) is 0 Å². The van der Waals surface area contributed by atoms with Crippen LogP contribution in [0, 0.1) is 5.82 Å². The van der Waals surface area contributed by atoms with E-state index in [-0.39, 0.29) is 17.3 Å². The minimum atomic E-state index is -4.12. The van der Waals surface area contributed by atoms with E-state index in [2.05, 4.69) is 5.32 Å². The second kappa shape index (κ2) is 13.9. The Balaban J connectivity index is 2.07. The van der Waals surface area contributed by atoms with Crippen molar-refractivity contribution in [1.29, 1.82) is 0 Å². The van der Waals surface area contributed by atoms with Crippen LogP contribution < -0.4 is 9.62 Å². The topological polar surface area (TPSA) is 86.8 Å². The molecule has 0 radical (unpaired) electrons. The zero-order chi connectivity index (χ0) is 28.4. The van der Waals surface area contributed by atoms with Crippen LogP contribution in [0.5, 0.6) is 0 Å². The number of hydrogen-bond acceptors (Lipinski definition) is 4. The number of carbonyl (C=O) groups is 2. The quantitative estimate of drug-likeness (QED) is 0.326. The van der Waals surface area contributed by atoms with Crippen molar-refractivity contribution in [3.8, 4) is 0 Å². The zero-order valence-corrected chi connectivity index (χ0v) is 23.5. The van der Waals surface area contributed by atoms with E-state index >= 15 is 0 Å². The first-order valence-electron chi connectivity index (χ1n) is 13.2. The van der Waals surface area contributed by atoms with E-state index in [1.807, 2.05) is 26.0 Å². The number of hydrogen-bond donors (Lipinski definition) is 1. The molecule has 39 heavy (non-hydrogen) atoms. The second-order valence-electron chi connectivity index (χ2n) is 9.17. The summed E-state index contributed by atoms with van der Waals surface area (Å²) in [5, 5.41) is 2.85. The van der Waals surface area contributed by atoms with Crippen LogP contribution in [0.2, 0.25) is 0 Å². The lowest BCUT2D eigenvalue weighted by Crippen LogP contribution is -2.52. The van der Waals surface area contributed by atoms with Crippen LogP contribution in [-0.4, -0.2) is 44.3 Å². The van der Waals surface area contributed by atoms with Gasteiger partial charge in [0.2, 0.25) is 11.8 Å². The molecule has 0 aliphatic carbocycles. The zero-order valence-electron chi connectivity index (χ0n) is 22.6. The van der Waals surface area contributed by atoms with Gasteiger partial charge in [-0.05, 0) is 60.7 Å². The summed E-state index contributed by atoms with van der Waals surface area (Å²) in [5.74, 6) is -1.27. The monoisotopic (exact) mass is 553 g/mol. The van der Waals surface area contributed by atoms with Gasteiger partial charge in [-0.1, -0.05) is 69.3 Å². The first-order valence-corrected chi connectivity index (χ1v) is 14.6. The summed E-state index contributed by atoms with van der Waals surface area (Å²) in [4.78, 5) is 28.6. The molecule has 0 heterocycles. The molecule has 208 valence electrons. The van der Waals surface area contributed by atoms with Gasteiger partial charge in [-0.15, -0.1) is 0 Å². The number of sulfonamides is 1. The lowest BCUT2D eigenvalue weighted by Gasteiger charge is -2.33. The first-order chi connectivity index (χ1) is 18.7. The van der Waals surface area contributed by atoms with Gasteiger partial charge in [0, 0.05) is 13.1 Å². The lowest BCUT2D eigenvalue weighted by molar-refractivity contribution is -0.140. The fourth-order valence-corrected chi connectivity index (χ4v) is 5.83. The molecule has 0 bridgehead atoms. The van der Waals surface area contributed by atoms with E-state index in [9.17, 15) is 22.4 Å². The third-order valence-electron chi connectivity index (χ3n) is 6.45. The van der Waals surface area contributed by atoms with Crippen LogP contribution in [0.15, 0.2) is 83.8 Å². The maximum Gasteiger partial charge on any atom is 0.264 e. The van der Waals surface area contributed by atoms with Gasteiger partial charge in [0.1, 0.15) is 18.4 Å². The highest BCUT2D eigenvalue weighted by molar-refractivity contribution is 7.92. The van der Waals surface area contributed by atoms with Crippen molar-refractivity contribution in [1.82, 2.24) is 10.2 Å². The first kappa shape index (κ1) is 29.8. The van der Waals surface area contributed by atoms with E-state index in [0.717, 1.165) is 16.3 Å². The van der Waals surface area contributed by atoms with Gasteiger partial charge in [0.15, 0.2) is 0 Å². The fraction of sp³-hybridized carbons (Fsp3) is 0.333. The molecule has 0 aliphatic heterocycles. The van der Waals surface area contributed by atoms with Gasteiger partial charge in [-0.3, -0.25) is 13.9 Å². The van der Waals surface area contributed by atoms with Crippen LogP contribution in [0.4, 0.5) is 10.1 Å². The normalized spacial score (nSPS) is 12.0. The summed E-state index contributed by atoms with van der Waals surface area (Å²) in [6, 6.07) is 19.9. The summed E-state index contributed by atoms with van der Waals surface area (Å²) in [7, 11) is -4.12.